The minimum absolute atomic E-state index is 0.153. The molecule has 1 aliphatic rings. The van der Waals surface area contributed by atoms with Gasteiger partial charge in [0.1, 0.15) is 29.1 Å². The predicted molar refractivity (Wildman–Crippen MR) is 139 cm³/mol. The molecule has 1 aromatic heterocycles. The molecular formula is C26H26F2N6O5. The standard InChI is InChI=1S/C26H26F2N6O5/c1-13(26(36)37)34(3)21-19(27)24(38-16-6-4-5-15(11-16)23-31-9-10-33(23)2)32-25(20(21)28)39-18-12-14(22(29)30)7-8-17(18)35/h4-8,11-13,35H,9-10H2,1-3H3,(H3,29,30)(H,36,37). The molecule has 11 nitrogen and oxygen atoms in total. The van der Waals surface area contributed by atoms with Gasteiger partial charge in [0.2, 0.25) is 11.6 Å². The molecule has 204 valence electrons. The molecule has 0 saturated carbocycles. The molecule has 0 aliphatic carbocycles. The minimum Gasteiger partial charge on any atom is -0.504 e. The highest BCUT2D eigenvalue weighted by Crippen LogP contribution is 2.40. The maximum Gasteiger partial charge on any atom is 0.326 e. The summed E-state index contributed by atoms with van der Waals surface area (Å²) < 4.78 is 42.5. The molecule has 2 aromatic carbocycles. The lowest BCUT2D eigenvalue weighted by Crippen LogP contribution is -2.37. The van der Waals surface area contributed by atoms with Crippen LogP contribution in [0, 0.1) is 17.0 Å². The fourth-order valence-corrected chi connectivity index (χ4v) is 3.82. The fraction of sp³-hybridized carbons (Fsp3) is 0.231. The van der Waals surface area contributed by atoms with Gasteiger partial charge in [-0.05, 0) is 37.3 Å². The third-order valence-electron chi connectivity index (χ3n) is 6.13. The molecule has 0 radical (unpaired) electrons. The monoisotopic (exact) mass is 540 g/mol. The lowest BCUT2D eigenvalue weighted by Gasteiger charge is -2.25. The van der Waals surface area contributed by atoms with Gasteiger partial charge in [0, 0.05) is 31.8 Å². The maximum atomic E-state index is 15.7. The van der Waals surface area contributed by atoms with Crippen LogP contribution in [0.5, 0.6) is 29.0 Å². The number of benzene rings is 2. The number of likely N-dealkylation sites (N-methyl/N-ethyl adjacent to an activating group) is 2. The summed E-state index contributed by atoms with van der Waals surface area (Å²) in [4.78, 5) is 22.7. The summed E-state index contributed by atoms with van der Waals surface area (Å²) >= 11 is 0. The summed E-state index contributed by atoms with van der Waals surface area (Å²) in [5.74, 6) is -5.67. The van der Waals surface area contributed by atoms with E-state index >= 15 is 8.78 Å². The molecule has 0 saturated heterocycles. The molecule has 0 amide bonds. The van der Waals surface area contributed by atoms with Crippen LogP contribution in [0.3, 0.4) is 0 Å². The molecule has 1 unspecified atom stereocenters. The third-order valence-corrected chi connectivity index (χ3v) is 6.13. The smallest absolute Gasteiger partial charge is 0.326 e. The fourth-order valence-electron chi connectivity index (χ4n) is 3.82. The van der Waals surface area contributed by atoms with E-state index in [2.05, 4.69) is 9.98 Å². The number of hydrogen-bond donors (Lipinski definition) is 4. The second-order valence-electron chi connectivity index (χ2n) is 8.78. The topological polar surface area (TPSA) is 158 Å². The van der Waals surface area contributed by atoms with E-state index in [0.29, 0.717) is 17.9 Å². The Hall–Kier alpha value is -4.94. The maximum absolute atomic E-state index is 15.7. The summed E-state index contributed by atoms with van der Waals surface area (Å²) in [6.07, 6.45) is 0. The zero-order valence-corrected chi connectivity index (χ0v) is 21.3. The van der Waals surface area contributed by atoms with E-state index in [0.717, 1.165) is 11.4 Å². The van der Waals surface area contributed by atoms with Crippen LogP contribution < -0.4 is 20.1 Å². The van der Waals surface area contributed by atoms with Gasteiger partial charge < -0.3 is 35.2 Å². The SMILES string of the molecule is CC(C(=O)O)N(C)c1c(F)c(Oc2cccc(C3=NCCN3C)c2)nc(Oc2cc(C(=N)N)ccc2O)c1F. The molecule has 1 atom stereocenters. The number of hydrogen-bond acceptors (Lipinski definition) is 9. The molecule has 0 fully saturated rings. The van der Waals surface area contributed by atoms with Crippen molar-refractivity contribution in [1.29, 1.82) is 5.41 Å². The van der Waals surface area contributed by atoms with Crippen molar-refractivity contribution in [3.63, 3.8) is 0 Å². The average Bonchev–Trinajstić information content (AvgIpc) is 3.33. The number of ether oxygens (including phenoxy) is 2. The molecule has 0 spiro atoms. The van der Waals surface area contributed by atoms with Crippen LogP contribution in [0.2, 0.25) is 0 Å². The number of nitrogen functional groups attached to an aromatic ring is 1. The Morgan fingerprint density at radius 1 is 1.18 bits per heavy atom. The molecule has 39 heavy (non-hydrogen) atoms. The van der Waals surface area contributed by atoms with Crippen molar-refractivity contribution in [2.24, 2.45) is 10.7 Å². The Balaban J connectivity index is 1.81. The number of aromatic nitrogens is 1. The Morgan fingerprint density at radius 3 is 2.49 bits per heavy atom. The van der Waals surface area contributed by atoms with E-state index in [1.54, 1.807) is 18.2 Å². The number of pyridine rings is 1. The second kappa shape index (κ2) is 10.8. The lowest BCUT2D eigenvalue weighted by molar-refractivity contribution is -0.138. The van der Waals surface area contributed by atoms with Gasteiger partial charge in [-0.3, -0.25) is 10.4 Å². The number of nitrogens with zero attached hydrogens (tertiary/aromatic N) is 4. The van der Waals surface area contributed by atoms with E-state index in [1.165, 1.54) is 38.2 Å². The van der Waals surface area contributed by atoms with Crippen LogP contribution in [-0.2, 0) is 4.79 Å². The van der Waals surface area contributed by atoms with Crippen LogP contribution in [0.4, 0.5) is 14.5 Å². The van der Waals surface area contributed by atoms with Crippen molar-refractivity contribution in [2.75, 3.05) is 32.1 Å². The molecule has 5 N–H and O–H groups in total. The second-order valence-corrected chi connectivity index (χ2v) is 8.78. The normalized spacial score (nSPS) is 13.6. The first-order chi connectivity index (χ1) is 18.5. The van der Waals surface area contributed by atoms with Crippen molar-refractivity contribution >= 4 is 23.3 Å². The molecular weight excluding hydrogens is 514 g/mol. The van der Waals surface area contributed by atoms with E-state index < -0.39 is 46.8 Å². The van der Waals surface area contributed by atoms with Crippen molar-refractivity contribution in [3.8, 4) is 29.0 Å². The Morgan fingerprint density at radius 2 is 1.87 bits per heavy atom. The quantitative estimate of drug-likeness (QED) is 0.235. The number of nitrogens with one attached hydrogen (secondary N) is 1. The van der Waals surface area contributed by atoms with Crippen molar-refractivity contribution < 1.29 is 33.3 Å². The number of phenols is 1. The number of carboxylic acids is 1. The van der Waals surface area contributed by atoms with Gasteiger partial charge in [-0.25, -0.2) is 4.79 Å². The van der Waals surface area contributed by atoms with Crippen LogP contribution >= 0.6 is 0 Å². The molecule has 4 rings (SSSR count). The van der Waals surface area contributed by atoms with Crippen molar-refractivity contribution in [2.45, 2.75) is 13.0 Å². The van der Waals surface area contributed by atoms with Gasteiger partial charge in [-0.2, -0.15) is 13.8 Å². The van der Waals surface area contributed by atoms with Gasteiger partial charge in [0.15, 0.2) is 11.5 Å². The van der Waals surface area contributed by atoms with E-state index in [-0.39, 0.29) is 22.9 Å². The number of aliphatic imine (C=N–C) groups is 1. The highest BCUT2D eigenvalue weighted by molar-refractivity contribution is 6.00. The molecule has 13 heteroatoms. The number of rotatable bonds is 9. The highest BCUT2D eigenvalue weighted by atomic mass is 19.1. The summed E-state index contributed by atoms with van der Waals surface area (Å²) in [7, 11) is 3.07. The van der Waals surface area contributed by atoms with Crippen LogP contribution in [0.25, 0.3) is 0 Å². The third kappa shape index (κ3) is 5.51. The largest absolute Gasteiger partial charge is 0.504 e. The first-order valence-electron chi connectivity index (χ1n) is 11.7. The number of amidine groups is 2. The van der Waals surface area contributed by atoms with Gasteiger partial charge in [0.05, 0.1) is 6.54 Å². The first-order valence-corrected chi connectivity index (χ1v) is 11.7. The number of aromatic hydroxyl groups is 1. The lowest BCUT2D eigenvalue weighted by atomic mass is 10.2. The summed E-state index contributed by atoms with van der Waals surface area (Å²) in [6.45, 7) is 2.61. The number of aliphatic carboxylic acids is 1. The Bertz CT molecular complexity index is 1480. The van der Waals surface area contributed by atoms with Gasteiger partial charge in [0.25, 0.3) is 11.8 Å². The summed E-state index contributed by atoms with van der Waals surface area (Å²) in [5.41, 5.74) is 5.58. The number of nitrogens with two attached hydrogens (primary N) is 1. The summed E-state index contributed by atoms with van der Waals surface area (Å²) in [6, 6.07) is 8.98. The molecule has 3 aromatic rings. The van der Waals surface area contributed by atoms with Crippen LogP contribution in [-0.4, -0.2) is 71.0 Å². The van der Waals surface area contributed by atoms with Crippen molar-refractivity contribution in [3.05, 3.63) is 65.2 Å². The highest BCUT2D eigenvalue weighted by Gasteiger charge is 2.31. The average molecular weight is 541 g/mol. The number of carbonyl (C=O) groups is 1. The van der Waals surface area contributed by atoms with Gasteiger partial charge in [-0.15, -0.1) is 0 Å². The van der Waals surface area contributed by atoms with Crippen LogP contribution in [0.1, 0.15) is 18.1 Å². The van der Waals surface area contributed by atoms with E-state index in [1.807, 2.05) is 11.9 Å². The van der Waals surface area contributed by atoms with Gasteiger partial charge in [-0.1, -0.05) is 12.1 Å². The van der Waals surface area contributed by atoms with Gasteiger partial charge >= 0.3 is 5.97 Å². The number of halogens is 2. The number of anilines is 1. The van der Waals surface area contributed by atoms with E-state index in [4.69, 9.17) is 20.6 Å². The molecule has 0 bridgehead atoms. The Kier molecular flexibility index (Phi) is 7.51. The van der Waals surface area contributed by atoms with E-state index in [9.17, 15) is 15.0 Å². The number of carboxylic acid groups (broad SMARTS) is 1. The Labute approximate surface area is 222 Å². The van der Waals surface area contributed by atoms with Crippen LogP contribution in [0.15, 0.2) is 47.5 Å². The zero-order valence-electron chi connectivity index (χ0n) is 21.3. The minimum atomic E-state index is -1.34. The summed E-state index contributed by atoms with van der Waals surface area (Å²) in [5, 5.41) is 27.3. The molecule has 2 heterocycles. The van der Waals surface area contributed by atoms with Crippen molar-refractivity contribution in [1.82, 2.24) is 9.88 Å². The zero-order chi connectivity index (χ0) is 28.4. The predicted octanol–water partition coefficient (Wildman–Crippen LogP) is 3.54. The number of phenolic OH excluding ortho intramolecular Hbond substituents is 1. The molecule has 1 aliphatic heterocycles. The first kappa shape index (κ1) is 27.1.